The summed E-state index contributed by atoms with van der Waals surface area (Å²) in [5.74, 6) is 1.35. The molecule has 27 heavy (non-hydrogen) atoms. The second-order valence-electron chi connectivity index (χ2n) is 6.26. The molecule has 0 aliphatic carbocycles. The summed E-state index contributed by atoms with van der Waals surface area (Å²) >= 11 is 7.56. The van der Waals surface area contributed by atoms with Crippen LogP contribution < -0.4 is 4.90 Å². The molecule has 0 N–H and O–H groups in total. The van der Waals surface area contributed by atoms with E-state index in [9.17, 15) is 14.9 Å². The van der Waals surface area contributed by atoms with Crippen molar-refractivity contribution in [3.63, 3.8) is 0 Å². The first-order valence-corrected chi connectivity index (χ1v) is 10.2. The Morgan fingerprint density at radius 3 is 2.44 bits per heavy atom. The summed E-state index contributed by atoms with van der Waals surface area (Å²) in [5.41, 5.74) is 2.15. The first-order chi connectivity index (χ1) is 13.0. The van der Waals surface area contributed by atoms with Gasteiger partial charge in [0.25, 0.3) is 5.69 Å². The number of carbonyl (C=O) groups excluding carboxylic acids is 1. The molecule has 142 valence electrons. The SMILES string of the molecule is O=C(CSCc1cccc(Cl)c1)N1CCN(c2ccc([N+](=O)[O-])cc2)CC1. The van der Waals surface area contributed by atoms with E-state index in [2.05, 4.69) is 4.90 Å². The van der Waals surface area contributed by atoms with Crippen LogP contribution in [-0.4, -0.2) is 47.7 Å². The zero-order valence-corrected chi connectivity index (χ0v) is 16.3. The molecule has 0 unspecified atom stereocenters. The molecule has 1 amide bonds. The molecule has 0 saturated carbocycles. The zero-order chi connectivity index (χ0) is 19.2. The van der Waals surface area contributed by atoms with E-state index in [1.165, 1.54) is 12.1 Å². The van der Waals surface area contributed by atoms with Gasteiger partial charge in [-0.3, -0.25) is 14.9 Å². The summed E-state index contributed by atoms with van der Waals surface area (Å²) in [7, 11) is 0. The number of nitro benzene ring substituents is 1. The third-order valence-electron chi connectivity index (χ3n) is 4.44. The van der Waals surface area contributed by atoms with E-state index < -0.39 is 4.92 Å². The number of thioether (sulfide) groups is 1. The minimum Gasteiger partial charge on any atom is -0.368 e. The molecular formula is C19H20ClN3O3S. The molecule has 2 aromatic carbocycles. The number of benzene rings is 2. The van der Waals surface area contributed by atoms with E-state index in [1.54, 1.807) is 23.9 Å². The first kappa shape index (κ1) is 19.5. The molecule has 1 fully saturated rings. The highest BCUT2D eigenvalue weighted by atomic mass is 35.5. The van der Waals surface area contributed by atoms with Crippen molar-refractivity contribution in [2.24, 2.45) is 0 Å². The molecule has 0 aromatic heterocycles. The number of hydrogen-bond acceptors (Lipinski definition) is 5. The van der Waals surface area contributed by atoms with Gasteiger partial charge in [0.2, 0.25) is 5.91 Å². The van der Waals surface area contributed by atoms with Crippen LogP contribution in [0.15, 0.2) is 48.5 Å². The van der Waals surface area contributed by atoms with Crippen LogP contribution in [0.5, 0.6) is 0 Å². The van der Waals surface area contributed by atoms with Crippen LogP contribution in [-0.2, 0) is 10.5 Å². The highest BCUT2D eigenvalue weighted by Crippen LogP contribution is 2.21. The van der Waals surface area contributed by atoms with Gasteiger partial charge in [-0.15, -0.1) is 11.8 Å². The van der Waals surface area contributed by atoms with Crippen LogP contribution in [0.2, 0.25) is 5.02 Å². The van der Waals surface area contributed by atoms with Crippen molar-refractivity contribution in [1.82, 2.24) is 4.90 Å². The van der Waals surface area contributed by atoms with Gasteiger partial charge in [-0.1, -0.05) is 23.7 Å². The molecule has 1 heterocycles. The Balaban J connectivity index is 1.44. The molecular weight excluding hydrogens is 386 g/mol. The highest BCUT2D eigenvalue weighted by molar-refractivity contribution is 7.99. The summed E-state index contributed by atoms with van der Waals surface area (Å²) in [4.78, 5) is 26.8. The van der Waals surface area contributed by atoms with Crippen molar-refractivity contribution in [2.45, 2.75) is 5.75 Å². The molecule has 0 atom stereocenters. The molecule has 1 aliphatic heterocycles. The molecule has 0 radical (unpaired) electrons. The number of carbonyl (C=O) groups is 1. The standard InChI is InChI=1S/C19H20ClN3O3S/c20-16-3-1-2-15(12-16)13-27-14-19(24)22-10-8-21(9-11-22)17-4-6-18(7-5-17)23(25)26/h1-7,12H,8-11,13-14H2. The number of nitrogens with zero attached hydrogens (tertiary/aromatic N) is 3. The number of nitro groups is 1. The zero-order valence-electron chi connectivity index (χ0n) is 14.7. The van der Waals surface area contributed by atoms with E-state index in [1.807, 2.05) is 29.2 Å². The molecule has 3 rings (SSSR count). The smallest absolute Gasteiger partial charge is 0.269 e. The summed E-state index contributed by atoms with van der Waals surface area (Å²) in [6.07, 6.45) is 0. The number of anilines is 1. The quantitative estimate of drug-likeness (QED) is 0.539. The Morgan fingerprint density at radius 2 is 1.81 bits per heavy atom. The minimum atomic E-state index is -0.401. The Labute approximate surface area is 167 Å². The van der Waals surface area contributed by atoms with Crippen molar-refractivity contribution >= 4 is 40.6 Å². The van der Waals surface area contributed by atoms with Gasteiger partial charge in [0.05, 0.1) is 10.7 Å². The fraction of sp³-hybridized carbons (Fsp3) is 0.316. The fourth-order valence-electron chi connectivity index (χ4n) is 2.97. The van der Waals surface area contributed by atoms with Crippen molar-refractivity contribution in [1.29, 1.82) is 0 Å². The summed E-state index contributed by atoms with van der Waals surface area (Å²) in [5, 5.41) is 11.4. The van der Waals surface area contributed by atoms with Crippen LogP contribution in [0, 0.1) is 10.1 Å². The number of piperazine rings is 1. The highest BCUT2D eigenvalue weighted by Gasteiger charge is 2.21. The number of non-ortho nitro benzene ring substituents is 1. The Kier molecular flexibility index (Phi) is 6.58. The lowest BCUT2D eigenvalue weighted by atomic mass is 10.2. The predicted molar refractivity (Wildman–Crippen MR) is 110 cm³/mol. The molecule has 6 nitrogen and oxygen atoms in total. The number of hydrogen-bond donors (Lipinski definition) is 0. The lowest BCUT2D eigenvalue weighted by Crippen LogP contribution is -2.49. The van der Waals surface area contributed by atoms with E-state index in [4.69, 9.17) is 11.6 Å². The molecule has 2 aromatic rings. The lowest BCUT2D eigenvalue weighted by Gasteiger charge is -2.36. The fourth-order valence-corrected chi connectivity index (χ4v) is 4.06. The molecule has 1 aliphatic rings. The Bertz CT molecular complexity index is 808. The third-order valence-corrected chi connectivity index (χ3v) is 5.66. The lowest BCUT2D eigenvalue weighted by molar-refractivity contribution is -0.384. The van der Waals surface area contributed by atoms with Crippen LogP contribution in [0.4, 0.5) is 11.4 Å². The maximum atomic E-state index is 12.4. The van der Waals surface area contributed by atoms with Crippen molar-refractivity contribution in [3.8, 4) is 0 Å². The van der Waals surface area contributed by atoms with Gasteiger partial charge >= 0.3 is 0 Å². The molecule has 0 spiro atoms. The topological polar surface area (TPSA) is 66.7 Å². The van der Waals surface area contributed by atoms with E-state index >= 15 is 0 Å². The molecule has 8 heteroatoms. The minimum absolute atomic E-state index is 0.0873. The van der Waals surface area contributed by atoms with Gasteiger partial charge in [0.1, 0.15) is 0 Å². The third kappa shape index (κ3) is 5.37. The number of amides is 1. The van der Waals surface area contributed by atoms with Crippen LogP contribution in [0.1, 0.15) is 5.56 Å². The number of rotatable bonds is 6. The van der Waals surface area contributed by atoms with Gasteiger partial charge in [-0.25, -0.2) is 0 Å². The second kappa shape index (κ2) is 9.10. The summed E-state index contributed by atoms with van der Waals surface area (Å²) < 4.78 is 0. The van der Waals surface area contributed by atoms with Gasteiger partial charge in [0, 0.05) is 54.8 Å². The average molecular weight is 406 g/mol. The van der Waals surface area contributed by atoms with Crippen molar-refractivity contribution < 1.29 is 9.72 Å². The predicted octanol–water partition coefficient (Wildman–Crippen LogP) is 3.83. The monoisotopic (exact) mass is 405 g/mol. The Morgan fingerprint density at radius 1 is 1.11 bits per heavy atom. The van der Waals surface area contributed by atoms with Crippen LogP contribution in [0.3, 0.4) is 0 Å². The second-order valence-corrected chi connectivity index (χ2v) is 7.69. The normalized spacial score (nSPS) is 14.3. The molecule has 1 saturated heterocycles. The maximum absolute atomic E-state index is 12.4. The van der Waals surface area contributed by atoms with Crippen molar-refractivity contribution in [3.05, 3.63) is 69.2 Å². The first-order valence-electron chi connectivity index (χ1n) is 8.62. The average Bonchev–Trinajstić information content (AvgIpc) is 2.68. The van der Waals surface area contributed by atoms with E-state index in [-0.39, 0.29) is 11.6 Å². The van der Waals surface area contributed by atoms with E-state index in [0.29, 0.717) is 23.9 Å². The Hall–Kier alpha value is -2.25. The van der Waals surface area contributed by atoms with Crippen LogP contribution in [0.25, 0.3) is 0 Å². The molecule has 0 bridgehead atoms. The van der Waals surface area contributed by atoms with Gasteiger partial charge < -0.3 is 9.80 Å². The number of halogens is 1. The van der Waals surface area contributed by atoms with Gasteiger partial charge in [-0.2, -0.15) is 0 Å². The van der Waals surface area contributed by atoms with E-state index in [0.717, 1.165) is 30.1 Å². The maximum Gasteiger partial charge on any atom is 0.269 e. The summed E-state index contributed by atoms with van der Waals surface area (Å²) in [6.45, 7) is 2.77. The van der Waals surface area contributed by atoms with Crippen LogP contribution >= 0.6 is 23.4 Å². The van der Waals surface area contributed by atoms with Gasteiger partial charge in [-0.05, 0) is 29.8 Å². The largest absolute Gasteiger partial charge is 0.368 e. The summed E-state index contributed by atoms with van der Waals surface area (Å²) in [6, 6.07) is 14.2. The van der Waals surface area contributed by atoms with Crippen molar-refractivity contribution in [2.75, 3.05) is 36.8 Å². The van der Waals surface area contributed by atoms with Gasteiger partial charge in [0.15, 0.2) is 0 Å².